The standard InChI is InChI=1S/C26H27N3O4/c1-17-21(19-4-2-3-5-22(19)27-17)16-29-12-10-26(11-13-29)15-23(30)20-14-18(6-8-24(20)33-26)7-9-25(31)28-32/h2-9,14,27,32H,10-13,15-16H2,1H3,(H,28,31)/b9-7+. The summed E-state index contributed by atoms with van der Waals surface area (Å²) in [5.74, 6) is 0.0544. The van der Waals surface area contributed by atoms with Crippen LogP contribution < -0.4 is 10.2 Å². The van der Waals surface area contributed by atoms with Gasteiger partial charge in [-0.05, 0) is 42.3 Å². The highest BCUT2D eigenvalue weighted by atomic mass is 16.5. The Morgan fingerprint density at radius 3 is 2.82 bits per heavy atom. The molecule has 7 heteroatoms. The van der Waals surface area contributed by atoms with E-state index in [9.17, 15) is 9.59 Å². The highest BCUT2D eigenvalue weighted by molar-refractivity contribution is 6.01. The Morgan fingerprint density at radius 1 is 1.24 bits per heavy atom. The van der Waals surface area contributed by atoms with Crippen molar-refractivity contribution in [1.82, 2.24) is 15.4 Å². The number of ether oxygens (including phenoxy) is 1. The van der Waals surface area contributed by atoms with E-state index in [-0.39, 0.29) is 5.78 Å². The number of aromatic nitrogens is 1. The van der Waals surface area contributed by atoms with Gasteiger partial charge < -0.3 is 9.72 Å². The number of nitrogens with one attached hydrogen (secondary N) is 2. The van der Waals surface area contributed by atoms with Gasteiger partial charge in [0, 0.05) is 55.1 Å². The number of piperidine rings is 1. The number of Topliss-reactive ketones (excluding diaryl/α,β-unsaturated/α-hetero) is 1. The molecule has 2 aliphatic rings. The number of benzene rings is 2. The van der Waals surface area contributed by atoms with E-state index in [1.807, 2.05) is 6.07 Å². The zero-order valence-corrected chi connectivity index (χ0v) is 18.6. The van der Waals surface area contributed by atoms with Crippen molar-refractivity contribution in [3.63, 3.8) is 0 Å². The third-order valence-electron chi connectivity index (χ3n) is 6.83. The second-order valence-corrected chi connectivity index (χ2v) is 9.00. The quantitative estimate of drug-likeness (QED) is 0.321. The van der Waals surface area contributed by atoms with E-state index in [0.717, 1.165) is 32.5 Å². The van der Waals surface area contributed by atoms with Crippen molar-refractivity contribution < 1.29 is 19.5 Å². The van der Waals surface area contributed by atoms with Crippen LogP contribution in [0.3, 0.4) is 0 Å². The van der Waals surface area contributed by atoms with Crippen molar-refractivity contribution in [2.45, 2.75) is 38.3 Å². The minimum absolute atomic E-state index is 0.0685. The maximum Gasteiger partial charge on any atom is 0.267 e. The van der Waals surface area contributed by atoms with Gasteiger partial charge in [-0.3, -0.25) is 19.7 Å². The van der Waals surface area contributed by atoms with Crippen molar-refractivity contribution in [3.05, 3.63) is 70.9 Å². The molecule has 0 saturated carbocycles. The van der Waals surface area contributed by atoms with Gasteiger partial charge >= 0.3 is 0 Å². The molecule has 0 radical (unpaired) electrons. The Labute approximate surface area is 192 Å². The summed E-state index contributed by atoms with van der Waals surface area (Å²) in [6.45, 7) is 4.76. The number of nitrogens with zero attached hydrogens (tertiary/aromatic N) is 1. The molecule has 1 amide bonds. The van der Waals surface area contributed by atoms with E-state index in [1.165, 1.54) is 28.2 Å². The number of carbonyl (C=O) groups is 2. The van der Waals surface area contributed by atoms with Gasteiger partial charge in [0.1, 0.15) is 11.4 Å². The van der Waals surface area contributed by atoms with Gasteiger partial charge in [-0.1, -0.05) is 24.3 Å². The van der Waals surface area contributed by atoms with Crippen molar-refractivity contribution in [3.8, 4) is 5.75 Å². The van der Waals surface area contributed by atoms with E-state index >= 15 is 0 Å². The predicted octanol–water partition coefficient (Wildman–Crippen LogP) is 3.99. The first kappa shape index (κ1) is 21.4. The summed E-state index contributed by atoms with van der Waals surface area (Å²) in [6, 6.07) is 13.7. The first-order chi connectivity index (χ1) is 16.0. The van der Waals surface area contributed by atoms with Crippen LogP contribution in [0.2, 0.25) is 0 Å². The normalized spacial score (nSPS) is 17.9. The number of hydrogen-bond donors (Lipinski definition) is 3. The maximum absolute atomic E-state index is 13.0. The monoisotopic (exact) mass is 445 g/mol. The van der Waals surface area contributed by atoms with Crippen LogP contribution in [-0.2, 0) is 11.3 Å². The molecule has 2 aliphatic heterocycles. The number of hydrogen-bond acceptors (Lipinski definition) is 5. The molecule has 3 N–H and O–H groups in total. The molecule has 0 bridgehead atoms. The molecule has 0 aliphatic carbocycles. The first-order valence-electron chi connectivity index (χ1n) is 11.2. The second kappa shape index (κ2) is 8.50. The Balaban J connectivity index is 1.28. The molecule has 1 spiro atoms. The van der Waals surface area contributed by atoms with Gasteiger partial charge in [0.05, 0.1) is 12.0 Å². The molecular weight excluding hydrogens is 418 g/mol. The topological polar surface area (TPSA) is 94.7 Å². The van der Waals surface area contributed by atoms with Crippen LogP contribution in [0.25, 0.3) is 17.0 Å². The van der Waals surface area contributed by atoms with Crippen LogP contribution >= 0.6 is 0 Å². The van der Waals surface area contributed by atoms with E-state index in [0.29, 0.717) is 23.3 Å². The summed E-state index contributed by atoms with van der Waals surface area (Å²) in [4.78, 5) is 30.1. The largest absolute Gasteiger partial charge is 0.486 e. The summed E-state index contributed by atoms with van der Waals surface area (Å²) in [5.41, 5.74) is 6.05. The molecule has 1 fully saturated rings. The minimum atomic E-state index is -0.621. The number of rotatable bonds is 4. The number of para-hydroxylation sites is 1. The summed E-state index contributed by atoms with van der Waals surface area (Å²) in [5, 5.41) is 9.88. The fourth-order valence-electron chi connectivity index (χ4n) is 4.98. The third-order valence-corrected chi connectivity index (χ3v) is 6.83. The van der Waals surface area contributed by atoms with Crippen LogP contribution in [0.1, 0.15) is 46.4 Å². The lowest BCUT2D eigenvalue weighted by atomic mass is 9.82. The lowest BCUT2D eigenvalue weighted by molar-refractivity contribution is -0.124. The average molecular weight is 446 g/mol. The highest BCUT2D eigenvalue weighted by Gasteiger charge is 2.43. The Bertz CT molecular complexity index is 1250. The lowest BCUT2D eigenvalue weighted by Crippen LogP contribution is -2.50. The molecular formula is C26H27N3O4. The third kappa shape index (κ3) is 4.17. The van der Waals surface area contributed by atoms with Crippen molar-refractivity contribution in [2.75, 3.05) is 13.1 Å². The number of fused-ring (bicyclic) bond motifs is 2. The smallest absolute Gasteiger partial charge is 0.267 e. The Kier molecular flexibility index (Phi) is 5.52. The predicted molar refractivity (Wildman–Crippen MR) is 125 cm³/mol. The molecule has 170 valence electrons. The molecule has 0 unspecified atom stereocenters. The molecule has 33 heavy (non-hydrogen) atoms. The summed E-state index contributed by atoms with van der Waals surface area (Å²) >= 11 is 0. The summed E-state index contributed by atoms with van der Waals surface area (Å²) in [7, 11) is 0. The number of hydroxylamine groups is 1. The van der Waals surface area contributed by atoms with Gasteiger partial charge in [0.25, 0.3) is 5.91 Å². The van der Waals surface area contributed by atoms with Gasteiger partial charge in [-0.2, -0.15) is 0 Å². The van der Waals surface area contributed by atoms with Crippen LogP contribution in [0.4, 0.5) is 0 Å². The van der Waals surface area contributed by atoms with E-state index in [2.05, 4.69) is 35.0 Å². The maximum atomic E-state index is 13.0. The molecule has 2 aromatic carbocycles. The number of carbonyl (C=O) groups excluding carboxylic acids is 2. The number of amides is 1. The summed E-state index contributed by atoms with van der Waals surface area (Å²) < 4.78 is 6.41. The van der Waals surface area contributed by atoms with Crippen molar-refractivity contribution in [1.29, 1.82) is 0 Å². The van der Waals surface area contributed by atoms with Gasteiger partial charge in [0.2, 0.25) is 0 Å². The van der Waals surface area contributed by atoms with Crippen molar-refractivity contribution in [2.24, 2.45) is 0 Å². The SMILES string of the molecule is Cc1[nH]c2ccccc2c1CN1CCC2(CC1)CC(=O)c1cc(/C=C/C(=O)NO)ccc1O2. The Hall–Kier alpha value is -3.42. The fraction of sp³-hybridized carbons (Fsp3) is 0.308. The van der Waals surface area contributed by atoms with Gasteiger partial charge in [-0.15, -0.1) is 0 Å². The molecule has 3 aromatic rings. The first-order valence-corrected chi connectivity index (χ1v) is 11.2. The average Bonchev–Trinajstić information content (AvgIpc) is 3.14. The number of H-pyrrole nitrogens is 1. The number of ketones is 1. The highest BCUT2D eigenvalue weighted by Crippen LogP contribution is 2.40. The number of aryl methyl sites for hydroxylation is 1. The fourth-order valence-corrected chi connectivity index (χ4v) is 4.98. The zero-order chi connectivity index (χ0) is 23.0. The zero-order valence-electron chi connectivity index (χ0n) is 18.6. The molecule has 0 atom stereocenters. The van der Waals surface area contributed by atoms with E-state index in [1.54, 1.807) is 29.8 Å². The molecule has 3 heterocycles. The second-order valence-electron chi connectivity index (χ2n) is 9.00. The lowest BCUT2D eigenvalue weighted by Gasteiger charge is -2.44. The van der Waals surface area contributed by atoms with E-state index < -0.39 is 11.5 Å². The molecule has 5 rings (SSSR count). The minimum Gasteiger partial charge on any atom is -0.486 e. The number of aromatic amines is 1. The summed E-state index contributed by atoms with van der Waals surface area (Å²) in [6.07, 6.45) is 4.73. The Morgan fingerprint density at radius 2 is 2.03 bits per heavy atom. The van der Waals surface area contributed by atoms with Crippen LogP contribution in [0.5, 0.6) is 5.75 Å². The van der Waals surface area contributed by atoms with Crippen LogP contribution in [-0.4, -0.2) is 45.5 Å². The van der Waals surface area contributed by atoms with E-state index in [4.69, 9.17) is 9.94 Å². The van der Waals surface area contributed by atoms with Crippen LogP contribution in [0.15, 0.2) is 48.5 Å². The molecule has 7 nitrogen and oxygen atoms in total. The van der Waals surface area contributed by atoms with Crippen LogP contribution in [0, 0.1) is 6.92 Å². The molecule has 1 aromatic heterocycles. The number of likely N-dealkylation sites (tertiary alicyclic amines) is 1. The van der Waals surface area contributed by atoms with Gasteiger partial charge in [0.15, 0.2) is 5.78 Å². The molecule has 1 saturated heterocycles. The van der Waals surface area contributed by atoms with Crippen molar-refractivity contribution >= 4 is 28.7 Å². The van der Waals surface area contributed by atoms with Gasteiger partial charge in [-0.25, -0.2) is 5.48 Å².